The van der Waals surface area contributed by atoms with E-state index in [1.54, 1.807) is 42.1 Å². The summed E-state index contributed by atoms with van der Waals surface area (Å²) in [6.45, 7) is 8.09. The van der Waals surface area contributed by atoms with Crippen molar-refractivity contribution < 1.29 is 32.2 Å². The van der Waals surface area contributed by atoms with Crippen LogP contribution >= 0.6 is 11.3 Å². The Morgan fingerprint density at radius 3 is 1.94 bits per heavy atom. The number of nitrogens with zero attached hydrogens (tertiary/aromatic N) is 6. The zero-order valence-corrected chi connectivity index (χ0v) is 41.3. The molecule has 8 rings (SSSR count). The van der Waals surface area contributed by atoms with E-state index in [1.165, 1.54) is 20.4 Å². The van der Waals surface area contributed by atoms with Crippen molar-refractivity contribution in [2.75, 3.05) is 26.6 Å². The molecule has 0 saturated heterocycles. The second kappa shape index (κ2) is 20.9. The minimum Gasteiger partial charge on any atom is -0.497 e. The summed E-state index contributed by atoms with van der Waals surface area (Å²) >= 11 is 1.30. The Bertz CT molecular complexity index is 2890. The number of aromatic nitrogens is 5. The fraction of sp³-hybridized carbons (Fsp3) is 0.365. The molecule has 1 amide bonds. The number of rotatable bonds is 17. The van der Waals surface area contributed by atoms with Crippen LogP contribution in [0, 0.1) is 11.8 Å². The highest BCUT2D eigenvalue weighted by molar-refractivity contribution is 7.89. The van der Waals surface area contributed by atoms with Crippen LogP contribution in [0.1, 0.15) is 82.1 Å². The first-order chi connectivity index (χ1) is 32.7. The number of benzene rings is 5. The van der Waals surface area contributed by atoms with Gasteiger partial charge < -0.3 is 18.9 Å². The Labute approximate surface area is 402 Å². The minimum atomic E-state index is -4.42. The molecule has 0 spiro atoms. The average Bonchev–Trinajstić information content (AvgIpc) is 3.97. The largest absolute Gasteiger partial charge is 0.497 e. The Hall–Kier alpha value is -6.36. The number of nitrogens with one attached hydrogen (secondary N) is 1. The van der Waals surface area contributed by atoms with Crippen molar-refractivity contribution in [3.05, 3.63) is 125 Å². The molecule has 0 unspecified atom stereocenters. The fourth-order valence-electron chi connectivity index (χ4n) is 8.68. The number of ether oxygens (including phenoxy) is 4. The molecule has 7 aromatic rings. The van der Waals surface area contributed by atoms with E-state index in [1.807, 2.05) is 103 Å². The van der Waals surface area contributed by atoms with Crippen molar-refractivity contribution in [2.24, 2.45) is 11.8 Å². The Morgan fingerprint density at radius 1 is 0.779 bits per heavy atom. The normalized spacial score (nSPS) is 15.4. The second-order valence-electron chi connectivity index (χ2n) is 18.4. The highest BCUT2D eigenvalue weighted by atomic mass is 32.2. The number of para-hydroxylation sites is 1. The van der Waals surface area contributed by atoms with E-state index in [0.717, 1.165) is 59.2 Å². The van der Waals surface area contributed by atoms with E-state index in [9.17, 15) is 4.79 Å². The number of sulfonamides is 1. The average molecular weight is 958 g/mol. The number of tetrazole rings is 1. The van der Waals surface area contributed by atoms with Crippen LogP contribution in [0.3, 0.4) is 0 Å². The number of hydrogen-bond donors (Lipinski definition) is 1. The summed E-state index contributed by atoms with van der Waals surface area (Å²) in [5.41, 5.74) is 4.48. The van der Waals surface area contributed by atoms with Crippen molar-refractivity contribution in [3.8, 4) is 39.8 Å². The maximum atomic E-state index is 16.2. The highest BCUT2D eigenvalue weighted by Crippen LogP contribution is 2.44. The third-order valence-electron chi connectivity index (χ3n) is 12.3. The van der Waals surface area contributed by atoms with E-state index in [4.69, 9.17) is 29.0 Å². The van der Waals surface area contributed by atoms with Crippen LogP contribution in [-0.4, -0.2) is 70.9 Å². The van der Waals surface area contributed by atoms with Gasteiger partial charge >= 0.3 is 6.09 Å². The molecule has 0 aliphatic heterocycles. The molecule has 1 aliphatic rings. The number of anilines is 1. The smallest absolute Gasteiger partial charge is 0.413 e. The Morgan fingerprint density at radius 2 is 1.37 bits per heavy atom. The van der Waals surface area contributed by atoms with Gasteiger partial charge in [0.2, 0.25) is 15.8 Å². The van der Waals surface area contributed by atoms with E-state index in [0.29, 0.717) is 62.7 Å². The van der Waals surface area contributed by atoms with Crippen molar-refractivity contribution in [1.29, 1.82) is 0 Å². The molecule has 68 heavy (non-hydrogen) atoms. The van der Waals surface area contributed by atoms with Crippen molar-refractivity contribution in [3.63, 3.8) is 0 Å². The number of fused-ring (bicyclic) bond motifs is 1. The van der Waals surface area contributed by atoms with E-state index < -0.39 is 21.7 Å². The lowest BCUT2D eigenvalue weighted by molar-refractivity contribution is 0.0636. The first-order valence-corrected chi connectivity index (χ1v) is 25.2. The topological polar surface area (TPSA) is 160 Å². The lowest BCUT2D eigenvalue weighted by Gasteiger charge is -2.28. The molecular weight excluding hydrogens is 899 g/mol. The van der Waals surface area contributed by atoms with E-state index in [-0.39, 0.29) is 30.4 Å². The molecule has 1 saturated carbocycles. The molecule has 0 radical (unpaired) electrons. The minimum absolute atomic E-state index is 0.0565. The molecule has 0 bridgehead atoms. The molecule has 2 heterocycles. The van der Waals surface area contributed by atoms with Crippen LogP contribution < -0.4 is 19.5 Å². The van der Waals surface area contributed by atoms with Gasteiger partial charge in [0.25, 0.3) is 0 Å². The number of aryl methyl sites for hydroxylation is 1. The molecule has 1 aliphatic carbocycles. The van der Waals surface area contributed by atoms with E-state index in [2.05, 4.69) is 22.6 Å². The van der Waals surface area contributed by atoms with Gasteiger partial charge in [-0.05, 0) is 121 Å². The predicted molar refractivity (Wildman–Crippen MR) is 266 cm³/mol. The number of amides is 1. The second-order valence-corrected chi connectivity index (χ2v) is 21.3. The summed E-state index contributed by atoms with van der Waals surface area (Å²) in [7, 11) is 0.402. The summed E-state index contributed by atoms with van der Waals surface area (Å²) in [6.07, 6.45) is 5.22. The summed E-state index contributed by atoms with van der Waals surface area (Å²) in [6, 6.07) is 32.1. The van der Waals surface area contributed by atoms with Crippen molar-refractivity contribution >= 4 is 42.8 Å². The fourth-order valence-corrected chi connectivity index (χ4v) is 11.4. The Kier molecular flexibility index (Phi) is 14.8. The SMILES string of the molecule is COc1ccc(CN(Cc2ccc(OC)cc2)S(=O)(=O)c2c(CCC3CCC(C)CC3)ccc(-c3cccc4sc(NC(=O)OC(C)(C)C)nc34)c2-c2nnn(Cc3ccc(OC)cc3)n2)cc1. The summed E-state index contributed by atoms with van der Waals surface area (Å²) in [4.78, 5) is 19.5. The molecule has 5 aromatic carbocycles. The molecule has 1 fully saturated rings. The predicted octanol–water partition coefficient (Wildman–Crippen LogP) is 11.2. The van der Waals surface area contributed by atoms with Gasteiger partial charge in [-0.1, -0.05) is 105 Å². The summed E-state index contributed by atoms with van der Waals surface area (Å²) in [5.74, 6) is 3.33. The van der Waals surface area contributed by atoms with Gasteiger partial charge in [0.05, 0.1) is 48.5 Å². The number of hydrogen-bond acceptors (Lipinski definition) is 12. The maximum absolute atomic E-state index is 16.2. The third kappa shape index (κ3) is 11.5. The lowest BCUT2D eigenvalue weighted by atomic mass is 9.80. The molecule has 356 valence electrons. The molecule has 14 nitrogen and oxygen atoms in total. The molecule has 2 aromatic heterocycles. The van der Waals surface area contributed by atoms with Gasteiger partial charge in [-0.3, -0.25) is 5.32 Å². The van der Waals surface area contributed by atoms with Crippen LogP contribution in [-0.2, 0) is 40.8 Å². The number of methoxy groups -OCH3 is 3. The van der Waals surface area contributed by atoms with Crippen LogP contribution in [0.25, 0.3) is 32.7 Å². The third-order valence-corrected chi connectivity index (χ3v) is 15.2. The van der Waals surface area contributed by atoms with Crippen LogP contribution in [0.15, 0.2) is 108 Å². The van der Waals surface area contributed by atoms with Crippen molar-refractivity contribution in [1.82, 2.24) is 29.5 Å². The van der Waals surface area contributed by atoms with Gasteiger partial charge in [-0.15, -0.1) is 10.2 Å². The summed E-state index contributed by atoms with van der Waals surface area (Å²) in [5, 5.41) is 17.3. The Balaban J connectivity index is 1.33. The number of carbonyl (C=O) groups is 1. The zero-order valence-electron chi connectivity index (χ0n) is 39.7. The molecular formula is C52H59N7O7S2. The van der Waals surface area contributed by atoms with E-state index >= 15 is 8.42 Å². The summed E-state index contributed by atoms with van der Waals surface area (Å²) < 4.78 is 56.7. The molecule has 1 N–H and O–H groups in total. The quantitative estimate of drug-likeness (QED) is 0.0925. The van der Waals surface area contributed by atoms with Crippen molar-refractivity contribution in [2.45, 2.75) is 96.4 Å². The van der Waals surface area contributed by atoms with Gasteiger partial charge in [-0.25, -0.2) is 18.2 Å². The molecule has 0 atom stereocenters. The van der Waals surface area contributed by atoms with Gasteiger partial charge in [0.1, 0.15) is 22.8 Å². The maximum Gasteiger partial charge on any atom is 0.413 e. The highest BCUT2D eigenvalue weighted by Gasteiger charge is 2.35. The standard InChI is InChI=1S/C52H59N7O7S2/c1-34-11-13-35(14-12-34)15-22-39-23-30-43(44-9-8-10-45-47(44)53-50(67-45)54-51(60)66-52(2,3)4)46(49-55-57-59(56-49)33-38-20-28-42(65-7)29-21-38)48(39)68(61,62)58(31-36-16-24-40(63-5)25-17-36)32-37-18-26-41(64-6)27-19-37/h8-10,16-21,23-30,34-35H,11-15,22,31-33H2,1-7H3,(H,53,54,60). The van der Waals surface area contributed by atoms with Crippen LogP contribution in [0.2, 0.25) is 0 Å². The number of thiazole rings is 1. The monoisotopic (exact) mass is 957 g/mol. The first-order valence-electron chi connectivity index (χ1n) is 22.9. The van der Waals surface area contributed by atoms with Crippen LogP contribution in [0.4, 0.5) is 9.93 Å². The van der Waals surface area contributed by atoms with Crippen LogP contribution in [0.5, 0.6) is 17.2 Å². The van der Waals surface area contributed by atoms with Gasteiger partial charge in [-0.2, -0.15) is 9.10 Å². The van der Waals surface area contributed by atoms with Gasteiger partial charge in [0.15, 0.2) is 5.13 Å². The zero-order chi connectivity index (χ0) is 48.0. The van der Waals surface area contributed by atoms with Gasteiger partial charge in [0, 0.05) is 18.7 Å². The number of carbonyl (C=O) groups excluding carboxylic acids is 1. The first kappa shape index (κ1) is 48.1. The molecule has 16 heteroatoms. The lowest BCUT2D eigenvalue weighted by Crippen LogP contribution is -2.32.